The second kappa shape index (κ2) is 7.87. The number of aliphatic imine (C=N–C) groups is 1. The van der Waals surface area contributed by atoms with E-state index in [0.29, 0.717) is 6.54 Å². The third-order valence-electron chi connectivity index (χ3n) is 3.61. The van der Waals surface area contributed by atoms with Crippen molar-refractivity contribution in [1.82, 2.24) is 20.1 Å². The van der Waals surface area contributed by atoms with E-state index in [1.54, 1.807) is 7.05 Å². The number of hydrogen-bond donors (Lipinski definition) is 2. The summed E-state index contributed by atoms with van der Waals surface area (Å²) in [6.45, 7) is 7.82. The van der Waals surface area contributed by atoms with Crippen LogP contribution >= 0.6 is 0 Å². The number of guanidine groups is 1. The molecule has 1 aromatic heterocycles. The highest BCUT2D eigenvalue weighted by atomic mass is 16.2. The van der Waals surface area contributed by atoms with Crippen molar-refractivity contribution in [3.63, 3.8) is 0 Å². The minimum atomic E-state index is -0.527. The summed E-state index contributed by atoms with van der Waals surface area (Å²) in [5, 5.41) is 5.97. The maximum atomic E-state index is 11.9. The number of hydrogen-bond acceptors (Lipinski definition) is 2. The number of carbonyl (C=O) groups excluding carboxylic acids is 1. The molecule has 1 aromatic rings. The molecule has 0 saturated carbocycles. The van der Waals surface area contributed by atoms with Gasteiger partial charge in [-0.15, -0.1) is 0 Å². The smallest absolute Gasteiger partial charge is 0.227 e. The molecule has 0 atom stereocenters. The topological polar surface area (TPSA) is 61.7 Å². The van der Waals surface area contributed by atoms with Gasteiger partial charge in [0.15, 0.2) is 5.96 Å². The standard InChI is InChI=1S/C16H29N5O/c1-7-18-15(19-12-16(2,3)14(22)17-4)21(6)11-13-9-8-10-20(13)5/h8-10H,7,11-12H2,1-6H3,(H,17,22)(H,18,19). The van der Waals surface area contributed by atoms with Crippen LogP contribution in [0.15, 0.2) is 23.3 Å². The van der Waals surface area contributed by atoms with Crippen molar-refractivity contribution in [3.05, 3.63) is 24.0 Å². The molecular weight excluding hydrogens is 278 g/mol. The van der Waals surface area contributed by atoms with Crippen LogP contribution in [0.4, 0.5) is 0 Å². The quantitative estimate of drug-likeness (QED) is 0.613. The highest BCUT2D eigenvalue weighted by Gasteiger charge is 2.26. The molecule has 0 saturated heterocycles. The van der Waals surface area contributed by atoms with Gasteiger partial charge >= 0.3 is 0 Å². The Kier molecular flexibility index (Phi) is 6.46. The molecule has 6 nitrogen and oxygen atoms in total. The fourth-order valence-electron chi connectivity index (χ4n) is 2.13. The minimum absolute atomic E-state index is 0.00261. The van der Waals surface area contributed by atoms with Gasteiger partial charge < -0.3 is 20.1 Å². The van der Waals surface area contributed by atoms with Gasteiger partial charge in [0.2, 0.25) is 5.91 Å². The second-order valence-electron chi connectivity index (χ2n) is 6.10. The van der Waals surface area contributed by atoms with Crippen molar-refractivity contribution in [2.45, 2.75) is 27.3 Å². The summed E-state index contributed by atoms with van der Waals surface area (Å²) in [7, 11) is 5.68. The average molecular weight is 307 g/mol. The SMILES string of the molecule is CCNC(=NCC(C)(C)C(=O)NC)N(C)Cc1cccn1C. The first-order valence-electron chi connectivity index (χ1n) is 7.63. The first-order chi connectivity index (χ1) is 10.3. The lowest BCUT2D eigenvalue weighted by molar-refractivity contribution is -0.128. The van der Waals surface area contributed by atoms with Crippen LogP contribution in [0.25, 0.3) is 0 Å². The summed E-state index contributed by atoms with van der Waals surface area (Å²) < 4.78 is 2.09. The number of nitrogens with zero attached hydrogens (tertiary/aromatic N) is 3. The van der Waals surface area contributed by atoms with Crippen LogP contribution in [0.3, 0.4) is 0 Å². The molecule has 2 N–H and O–H groups in total. The fraction of sp³-hybridized carbons (Fsp3) is 0.625. The van der Waals surface area contributed by atoms with Crippen LogP contribution in [0.5, 0.6) is 0 Å². The molecule has 124 valence electrons. The number of carbonyl (C=O) groups is 1. The molecule has 0 aromatic carbocycles. The van der Waals surface area contributed by atoms with Gasteiger partial charge in [0.1, 0.15) is 0 Å². The lowest BCUT2D eigenvalue weighted by Gasteiger charge is -2.25. The fourth-order valence-corrected chi connectivity index (χ4v) is 2.13. The summed E-state index contributed by atoms with van der Waals surface area (Å²) >= 11 is 0. The summed E-state index contributed by atoms with van der Waals surface area (Å²) in [5.74, 6) is 0.804. The Labute approximate surface area is 133 Å². The van der Waals surface area contributed by atoms with Crippen LogP contribution in [0.2, 0.25) is 0 Å². The van der Waals surface area contributed by atoms with Gasteiger partial charge in [0, 0.05) is 39.6 Å². The van der Waals surface area contributed by atoms with E-state index in [1.165, 1.54) is 5.69 Å². The van der Waals surface area contributed by atoms with Gasteiger partial charge in [-0.2, -0.15) is 0 Å². The van der Waals surface area contributed by atoms with E-state index in [0.717, 1.165) is 19.0 Å². The number of aryl methyl sites for hydroxylation is 1. The number of amides is 1. The van der Waals surface area contributed by atoms with Gasteiger partial charge in [-0.25, -0.2) is 0 Å². The summed E-state index contributed by atoms with van der Waals surface area (Å²) in [6.07, 6.45) is 2.03. The van der Waals surface area contributed by atoms with Gasteiger partial charge in [0.05, 0.1) is 18.5 Å². The molecule has 0 aliphatic rings. The van der Waals surface area contributed by atoms with Gasteiger partial charge in [-0.3, -0.25) is 9.79 Å². The van der Waals surface area contributed by atoms with E-state index >= 15 is 0 Å². The highest BCUT2D eigenvalue weighted by Crippen LogP contribution is 2.15. The van der Waals surface area contributed by atoms with Crippen LogP contribution < -0.4 is 10.6 Å². The molecule has 1 rings (SSSR count). The van der Waals surface area contributed by atoms with Crippen molar-refractivity contribution >= 4 is 11.9 Å². The summed E-state index contributed by atoms with van der Waals surface area (Å²) in [5.41, 5.74) is 0.681. The van der Waals surface area contributed by atoms with E-state index in [-0.39, 0.29) is 5.91 Å². The maximum Gasteiger partial charge on any atom is 0.227 e. The normalized spacial score (nSPS) is 12.2. The van der Waals surface area contributed by atoms with Crippen LogP contribution in [-0.2, 0) is 18.4 Å². The summed E-state index contributed by atoms with van der Waals surface area (Å²) in [4.78, 5) is 18.6. The molecule has 0 aliphatic carbocycles. The van der Waals surface area contributed by atoms with E-state index in [2.05, 4.69) is 31.2 Å². The highest BCUT2D eigenvalue weighted by molar-refractivity contribution is 5.83. The van der Waals surface area contributed by atoms with Crippen molar-refractivity contribution in [1.29, 1.82) is 0 Å². The third-order valence-corrected chi connectivity index (χ3v) is 3.61. The number of nitrogens with one attached hydrogen (secondary N) is 2. The van der Waals surface area contributed by atoms with Crippen LogP contribution in [0.1, 0.15) is 26.5 Å². The Hall–Kier alpha value is -1.98. The zero-order chi connectivity index (χ0) is 16.8. The largest absolute Gasteiger partial charge is 0.359 e. The number of aromatic nitrogens is 1. The first-order valence-corrected chi connectivity index (χ1v) is 7.63. The van der Waals surface area contributed by atoms with E-state index in [9.17, 15) is 4.79 Å². The molecule has 0 spiro atoms. The van der Waals surface area contributed by atoms with Crippen molar-refractivity contribution < 1.29 is 4.79 Å². The minimum Gasteiger partial charge on any atom is -0.359 e. The predicted octanol–water partition coefficient (Wildman–Crippen LogP) is 1.19. The Morgan fingerprint density at radius 3 is 2.64 bits per heavy atom. The van der Waals surface area contributed by atoms with Gasteiger partial charge in [-0.1, -0.05) is 0 Å². The van der Waals surface area contributed by atoms with E-state index < -0.39 is 5.41 Å². The molecule has 1 heterocycles. The van der Waals surface area contributed by atoms with Crippen molar-refractivity contribution in [2.75, 3.05) is 27.2 Å². The zero-order valence-electron chi connectivity index (χ0n) is 14.6. The molecule has 0 aliphatic heterocycles. The predicted molar refractivity (Wildman–Crippen MR) is 90.7 cm³/mol. The van der Waals surface area contributed by atoms with Crippen molar-refractivity contribution in [3.8, 4) is 0 Å². The average Bonchev–Trinajstić information content (AvgIpc) is 2.87. The van der Waals surface area contributed by atoms with E-state index in [1.807, 2.05) is 47.1 Å². The monoisotopic (exact) mass is 307 g/mol. The molecule has 0 fully saturated rings. The Morgan fingerprint density at radius 2 is 2.14 bits per heavy atom. The molecule has 0 radical (unpaired) electrons. The second-order valence-corrected chi connectivity index (χ2v) is 6.10. The van der Waals surface area contributed by atoms with Crippen LogP contribution in [0, 0.1) is 5.41 Å². The van der Waals surface area contributed by atoms with Crippen molar-refractivity contribution in [2.24, 2.45) is 17.5 Å². The van der Waals surface area contributed by atoms with E-state index in [4.69, 9.17) is 0 Å². The first kappa shape index (κ1) is 18.1. The molecule has 0 bridgehead atoms. The Morgan fingerprint density at radius 1 is 1.45 bits per heavy atom. The zero-order valence-corrected chi connectivity index (χ0v) is 14.6. The maximum absolute atomic E-state index is 11.9. The third kappa shape index (κ3) is 4.79. The number of rotatable bonds is 6. The van der Waals surface area contributed by atoms with Gasteiger partial charge in [-0.05, 0) is 32.9 Å². The van der Waals surface area contributed by atoms with Gasteiger partial charge in [0.25, 0.3) is 0 Å². The molecule has 0 unspecified atom stereocenters. The lowest BCUT2D eigenvalue weighted by Crippen LogP contribution is -2.41. The van der Waals surface area contributed by atoms with Crippen LogP contribution in [-0.4, -0.2) is 48.5 Å². The lowest BCUT2D eigenvalue weighted by atomic mass is 9.93. The summed E-state index contributed by atoms with van der Waals surface area (Å²) in [6, 6.07) is 4.12. The Bertz CT molecular complexity index is 518. The molecular formula is C16H29N5O. The molecule has 1 amide bonds. The molecule has 22 heavy (non-hydrogen) atoms. The Balaban J connectivity index is 2.81. The molecule has 6 heteroatoms.